The van der Waals surface area contributed by atoms with E-state index in [0.717, 1.165) is 73.5 Å². The lowest BCUT2D eigenvalue weighted by molar-refractivity contribution is -0.141. The molecule has 2 atom stereocenters. The molecule has 0 radical (unpaired) electrons. The molecular weight excluding hydrogens is 574 g/mol. The molecule has 0 saturated carbocycles. The first-order valence-electron chi connectivity index (χ1n) is 16.3. The third-order valence-electron chi connectivity index (χ3n) is 9.71. The molecule has 2 N–H and O–H groups in total. The molecule has 46 heavy (non-hydrogen) atoms. The van der Waals surface area contributed by atoms with Crippen LogP contribution >= 0.6 is 0 Å². The minimum Gasteiger partial charge on any atom is -0.466 e. The maximum absolute atomic E-state index is 13.2. The molecule has 8 bridgehead atoms. The van der Waals surface area contributed by atoms with Crippen molar-refractivity contribution in [1.82, 2.24) is 24.8 Å². The van der Waals surface area contributed by atoms with Gasteiger partial charge in [-0.1, -0.05) is 26.5 Å². The minimum absolute atomic E-state index is 0.0600. The highest BCUT2D eigenvalue weighted by molar-refractivity contribution is 5.86. The van der Waals surface area contributed by atoms with Crippen LogP contribution in [-0.2, 0) is 20.7 Å². The van der Waals surface area contributed by atoms with Gasteiger partial charge in [0.25, 0.3) is 0 Å². The fraction of sp³-hybridized carbons (Fsp3) is 0.421. The number of hydrogen-bond donors (Lipinski definition) is 2. The van der Waals surface area contributed by atoms with E-state index in [1.54, 1.807) is 4.90 Å². The van der Waals surface area contributed by atoms with E-state index >= 15 is 0 Å². The van der Waals surface area contributed by atoms with E-state index < -0.39 is 0 Å². The average Bonchev–Trinajstić information content (AvgIpc) is 3.72. The first kappa shape index (κ1) is 32.9. The van der Waals surface area contributed by atoms with Crippen molar-refractivity contribution in [3.05, 3.63) is 75.4 Å². The zero-order valence-corrected chi connectivity index (χ0v) is 28.6. The van der Waals surface area contributed by atoms with E-state index in [-0.39, 0.29) is 23.7 Å². The van der Waals surface area contributed by atoms with Gasteiger partial charge in [-0.3, -0.25) is 14.6 Å². The van der Waals surface area contributed by atoms with Crippen LogP contribution in [-0.4, -0.2) is 56.9 Å². The van der Waals surface area contributed by atoms with Gasteiger partial charge in [0.05, 0.1) is 18.0 Å². The van der Waals surface area contributed by atoms with E-state index in [9.17, 15) is 9.59 Å². The minimum atomic E-state index is -0.303. The molecule has 8 heteroatoms. The third-order valence-corrected chi connectivity index (χ3v) is 9.71. The first-order chi connectivity index (χ1) is 21.9. The molecule has 5 rings (SSSR count). The van der Waals surface area contributed by atoms with E-state index in [1.165, 1.54) is 18.1 Å². The van der Waals surface area contributed by atoms with Crippen molar-refractivity contribution in [3.8, 4) is 0 Å². The summed E-state index contributed by atoms with van der Waals surface area (Å²) >= 11 is 0. The monoisotopic (exact) mass is 621 g/mol. The maximum atomic E-state index is 13.2. The molecule has 3 aromatic heterocycles. The van der Waals surface area contributed by atoms with Crippen molar-refractivity contribution in [2.75, 3.05) is 20.2 Å². The fourth-order valence-electron chi connectivity index (χ4n) is 6.80. The number of aryl methyl sites for hydroxylation is 3. The number of ether oxygens (including phenoxy) is 1. The van der Waals surface area contributed by atoms with Gasteiger partial charge < -0.3 is 19.6 Å². The van der Waals surface area contributed by atoms with Crippen LogP contribution in [0.4, 0.5) is 0 Å². The molecule has 0 aliphatic carbocycles. The molecule has 8 nitrogen and oxygen atoms in total. The predicted molar refractivity (Wildman–Crippen MR) is 188 cm³/mol. The summed E-state index contributed by atoms with van der Waals surface area (Å²) < 4.78 is 5.03. The Morgan fingerprint density at radius 3 is 2.41 bits per heavy atom. The number of hydrogen-bond acceptors (Lipinski definition) is 5. The molecule has 2 aliphatic heterocycles. The zero-order valence-electron chi connectivity index (χ0n) is 28.6. The zero-order chi connectivity index (χ0) is 33.3. The van der Waals surface area contributed by atoms with Crippen molar-refractivity contribution in [2.24, 2.45) is 0 Å². The highest BCUT2D eigenvalue weighted by Crippen LogP contribution is 2.42. The summed E-state index contributed by atoms with van der Waals surface area (Å²) in [4.78, 5) is 43.7. The number of aromatic amines is 2. The number of carbonyl (C=O) groups is 2. The van der Waals surface area contributed by atoms with Crippen LogP contribution in [0.2, 0.25) is 0 Å². The quantitative estimate of drug-likeness (QED) is 0.186. The number of fused-ring (bicyclic) bond motifs is 8. The van der Waals surface area contributed by atoms with Crippen molar-refractivity contribution < 1.29 is 14.3 Å². The number of nitrogens with zero attached hydrogens (tertiary/aromatic N) is 3. The Kier molecular flexibility index (Phi) is 9.66. The number of rotatable bonds is 9. The van der Waals surface area contributed by atoms with Gasteiger partial charge in [0, 0.05) is 77.8 Å². The summed E-state index contributed by atoms with van der Waals surface area (Å²) in [7, 11) is 1.81. The molecule has 0 saturated heterocycles. The van der Waals surface area contributed by atoms with Crippen molar-refractivity contribution in [1.29, 1.82) is 0 Å². The largest absolute Gasteiger partial charge is 0.466 e. The Labute approximate surface area is 272 Å². The van der Waals surface area contributed by atoms with Crippen molar-refractivity contribution in [3.63, 3.8) is 0 Å². The SMILES string of the molecule is C=Cc1c(C)c2cc3nc(c(C)c4nc(cc5[nH]c(cc1[nH]2)c(C)c5CC)C(C)=C4)[C@@H](CCC(=O)N(C)CCCOC(C)=O)[C@@H]3C. The Hall–Kier alpha value is -4.46. The average molecular weight is 622 g/mol. The van der Waals surface area contributed by atoms with Gasteiger partial charge >= 0.3 is 5.97 Å². The summed E-state index contributed by atoms with van der Waals surface area (Å²) in [6.45, 7) is 19.3. The number of nitrogens with one attached hydrogen (secondary N) is 2. The lowest BCUT2D eigenvalue weighted by Crippen LogP contribution is -2.28. The van der Waals surface area contributed by atoms with Crippen LogP contribution in [0.5, 0.6) is 0 Å². The van der Waals surface area contributed by atoms with Crippen LogP contribution < -0.4 is 0 Å². The summed E-state index contributed by atoms with van der Waals surface area (Å²) in [6, 6.07) is 6.51. The number of aromatic nitrogens is 4. The lowest BCUT2D eigenvalue weighted by Gasteiger charge is -2.20. The molecule has 5 heterocycles. The van der Waals surface area contributed by atoms with Gasteiger partial charge in [-0.15, -0.1) is 0 Å². The van der Waals surface area contributed by atoms with Gasteiger partial charge in [0.2, 0.25) is 5.91 Å². The number of allylic oxidation sites excluding steroid dienone is 1. The van der Waals surface area contributed by atoms with E-state index in [0.29, 0.717) is 32.4 Å². The summed E-state index contributed by atoms with van der Waals surface area (Å²) in [5, 5.41) is 0. The van der Waals surface area contributed by atoms with E-state index in [2.05, 4.69) is 82.4 Å². The Morgan fingerprint density at radius 2 is 1.72 bits per heavy atom. The second kappa shape index (κ2) is 13.5. The topological polar surface area (TPSA) is 104 Å². The van der Waals surface area contributed by atoms with Gasteiger partial charge in [0.1, 0.15) is 0 Å². The Bertz CT molecular complexity index is 1890. The number of carbonyl (C=O) groups excluding carboxylic acids is 2. The lowest BCUT2D eigenvalue weighted by atomic mass is 9.85. The third kappa shape index (κ3) is 6.43. The molecule has 0 unspecified atom stereocenters. The smallest absolute Gasteiger partial charge is 0.302 e. The molecule has 1 amide bonds. The summed E-state index contributed by atoms with van der Waals surface area (Å²) in [5.41, 5.74) is 14.9. The van der Waals surface area contributed by atoms with Crippen LogP contribution in [0.3, 0.4) is 0 Å². The van der Waals surface area contributed by atoms with E-state index in [4.69, 9.17) is 14.7 Å². The maximum Gasteiger partial charge on any atom is 0.302 e. The first-order valence-corrected chi connectivity index (χ1v) is 16.3. The van der Waals surface area contributed by atoms with Crippen LogP contribution in [0, 0.1) is 20.8 Å². The predicted octanol–water partition coefficient (Wildman–Crippen LogP) is 8.09. The molecule has 0 spiro atoms. The highest BCUT2D eigenvalue weighted by atomic mass is 16.5. The van der Waals surface area contributed by atoms with Crippen molar-refractivity contribution >= 4 is 51.7 Å². The van der Waals surface area contributed by atoms with Crippen LogP contribution in [0.25, 0.3) is 39.8 Å². The highest BCUT2D eigenvalue weighted by Gasteiger charge is 2.31. The molecule has 242 valence electrons. The molecule has 0 aromatic carbocycles. The Morgan fingerprint density at radius 1 is 1.00 bits per heavy atom. The van der Waals surface area contributed by atoms with E-state index in [1.807, 2.05) is 13.1 Å². The normalized spacial score (nSPS) is 15.9. The van der Waals surface area contributed by atoms with Crippen LogP contribution in [0.15, 0.2) is 24.8 Å². The number of H-pyrrole nitrogens is 2. The number of amides is 1. The second-order valence-electron chi connectivity index (χ2n) is 12.7. The second-order valence-corrected chi connectivity index (χ2v) is 12.7. The summed E-state index contributed by atoms with van der Waals surface area (Å²) in [6.07, 6.45) is 6.66. The standard InChI is InChI=1S/C38H47N5O3/c1-10-27-23(5)33-20-36-28(11-2)22(4)32(40-36)19-34-24(6)29(13-14-37(45)43(9)15-12-16-46-26(8)44)38(42-34)25(7)31-17-21(3)30(39-31)18-35(27)41-33/h11,17-20,24,29,40-41H,2,10,12-16H2,1,3-9H3/t24-,29-/m0/s1. The van der Waals surface area contributed by atoms with Gasteiger partial charge in [-0.2, -0.15) is 0 Å². The van der Waals surface area contributed by atoms with Gasteiger partial charge in [-0.05, 0) is 99.1 Å². The summed E-state index contributed by atoms with van der Waals surface area (Å²) in [5.74, 6) is -0.0652. The van der Waals surface area contributed by atoms with Gasteiger partial charge in [-0.25, -0.2) is 4.98 Å². The molecule has 2 aliphatic rings. The van der Waals surface area contributed by atoms with Gasteiger partial charge in [0.15, 0.2) is 0 Å². The molecular formula is C38H47N5O3. The molecule has 0 fully saturated rings. The fourth-order valence-corrected chi connectivity index (χ4v) is 6.80. The molecule has 3 aromatic rings. The number of esters is 1. The van der Waals surface area contributed by atoms with Crippen LogP contribution in [0.1, 0.15) is 109 Å². The van der Waals surface area contributed by atoms with Crippen molar-refractivity contribution in [2.45, 2.75) is 86.0 Å². The Balaban J connectivity index is 1.64.